The second-order valence-corrected chi connectivity index (χ2v) is 2.64. The first-order valence-electron chi connectivity index (χ1n) is 4.02. The quantitative estimate of drug-likeness (QED) is 0.527. The molecule has 2 heterocycles. The molecular weight excluding hydrogens is 186 g/mol. The van der Waals surface area contributed by atoms with E-state index in [1.807, 2.05) is 0 Å². The van der Waals surface area contributed by atoms with Crippen molar-refractivity contribution in [3.8, 4) is 0 Å². The molecule has 0 amide bonds. The van der Waals surface area contributed by atoms with Crippen LogP contribution in [0, 0.1) is 0 Å². The van der Waals surface area contributed by atoms with Crippen LogP contribution in [-0.2, 0) is 0 Å². The Morgan fingerprint density at radius 3 is 3.07 bits per heavy atom. The Kier molecular flexibility index (Phi) is 2.05. The Hall–Kier alpha value is -2.05. The third-order valence-corrected chi connectivity index (χ3v) is 1.77. The van der Waals surface area contributed by atoms with E-state index in [1.54, 1.807) is 13.1 Å². The van der Waals surface area contributed by atoms with Gasteiger partial charge in [-0.1, -0.05) is 5.16 Å². The Morgan fingerprint density at radius 1 is 1.57 bits per heavy atom. The van der Waals surface area contributed by atoms with Gasteiger partial charge in [0.25, 0.3) is 0 Å². The van der Waals surface area contributed by atoms with Crippen molar-refractivity contribution in [1.29, 1.82) is 0 Å². The second kappa shape index (κ2) is 3.36. The maximum Gasteiger partial charge on any atom is 0.439 e. The fraction of sp³-hybridized carbons (Fsp3) is 0.286. The van der Waals surface area contributed by atoms with E-state index >= 15 is 0 Å². The molecule has 14 heavy (non-hydrogen) atoms. The highest BCUT2D eigenvalue weighted by Gasteiger charge is 2.11. The van der Waals surface area contributed by atoms with Crippen LogP contribution in [0.15, 0.2) is 20.4 Å². The number of amidine groups is 1. The zero-order chi connectivity index (χ0) is 9.97. The Labute approximate surface area is 78.9 Å². The van der Waals surface area contributed by atoms with Gasteiger partial charge in [0, 0.05) is 13.1 Å². The summed E-state index contributed by atoms with van der Waals surface area (Å²) >= 11 is 0. The van der Waals surface area contributed by atoms with Gasteiger partial charge in [-0.3, -0.25) is 14.5 Å². The monoisotopic (exact) mass is 195 g/mol. The summed E-state index contributed by atoms with van der Waals surface area (Å²) in [5.74, 6) is 0.525. The molecule has 7 heteroatoms. The van der Waals surface area contributed by atoms with E-state index in [-0.39, 0.29) is 0 Å². The average Bonchev–Trinajstić information content (AvgIpc) is 2.65. The van der Waals surface area contributed by atoms with Crippen LogP contribution in [-0.4, -0.2) is 29.7 Å². The van der Waals surface area contributed by atoms with Crippen molar-refractivity contribution in [2.24, 2.45) is 4.99 Å². The number of aliphatic imine (C=N–C) groups is 1. The van der Waals surface area contributed by atoms with Gasteiger partial charge >= 0.3 is 5.76 Å². The highest BCUT2D eigenvalue weighted by molar-refractivity contribution is 5.99. The van der Waals surface area contributed by atoms with E-state index in [0.717, 1.165) is 5.84 Å². The van der Waals surface area contributed by atoms with Gasteiger partial charge in [-0.15, -0.1) is 0 Å². The summed E-state index contributed by atoms with van der Waals surface area (Å²) in [6.45, 7) is 0.535. The van der Waals surface area contributed by atoms with Gasteiger partial charge in [0.2, 0.25) is 0 Å². The molecule has 0 unspecified atom stereocenters. The zero-order valence-corrected chi connectivity index (χ0v) is 7.50. The summed E-state index contributed by atoms with van der Waals surface area (Å²) in [5.41, 5.74) is 0.676. The molecule has 7 nitrogen and oxygen atoms in total. The largest absolute Gasteiger partial charge is 0.439 e. The minimum absolute atomic E-state index is 0.373. The summed E-state index contributed by atoms with van der Waals surface area (Å²) in [4.78, 5) is 17.1. The summed E-state index contributed by atoms with van der Waals surface area (Å²) in [6, 6.07) is 0. The molecule has 0 aromatic carbocycles. The molecule has 2 rings (SSSR count). The average molecular weight is 195 g/mol. The van der Waals surface area contributed by atoms with Crippen LogP contribution < -0.4 is 16.4 Å². The van der Waals surface area contributed by atoms with Crippen molar-refractivity contribution >= 4 is 11.5 Å². The van der Waals surface area contributed by atoms with Gasteiger partial charge < -0.3 is 10.6 Å². The fourth-order valence-corrected chi connectivity index (χ4v) is 1.11. The molecule has 1 aromatic heterocycles. The van der Waals surface area contributed by atoms with Gasteiger partial charge in [-0.05, 0) is 0 Å². The van der Waals surface area contributed by atoms with Crippen molar-refractivity contribution in [2.75, 3.05) is 13.7 Å². The smallest absolute Gasteiger partial charge is 0.365 e. The molecule has 1 aliphatic heterocycles. The third kappa shape index (κ3) is 1.51. The molecule has 0 radical (unpaired) electrons. The molecule has 0 aliphatic carbocycles. The van der Waals surface area contributed by atoms with Crippen LogP contribution in [0.2, 0.25) is 0 Å². The molecule has 3 N–H and O–H groups in total. The SMILES string of the molecule is CN=C1C=C(c2noc(=O)[nH]2)NCN1. The Bertz CT molecular complexity index is 441. The molecule has 0 spiro atoms. The van der Waals surface area contributed by atoms with Crippen molar-refractivity contribution in [3.05, 3.63) is 22.5 Å². The number of rotatable bonds is 1. The first-order valence-corrected chi connectivity index (χ1v) is 4.02. The van der Waals surface area contributed by atoms with E-state index < -0.39 is 5.76 Å². The fourth-order valence-electron chi connectivity index (χ4n) is 1.11. The Balaban J connectivity index is 2.35. The first kappa shape index (κ1) is 8.54. The lowest BCUT2D eigenvalue weighted by molar-refractivity contribution is 0.384. The summed E-state index contributed by atoms with van der Waals surface area (Å²) in [6.07, 6.45) is 1.73. The van der Waals surface area contributed by atoms with Crippen LogP contribution in [0.4, 0.5) is 0 Å². The van der Waals surface area contributed by atoms with Gasteiger partial charge in [0.1, 0.15) is 5.84 Å². The molecule has 0 saturated carbocycles. The highest BCUT2D eigenvalue weighted by atomic mass is 16.5. The molecule has 0 atom stereocenters. The molecule has 0 saturated heterocycles. The van der Waals surface area contributed by atoms with Crippen molar-refractivity contribution in [2.45, 2.75) is 0 Å². The molecule has 1 aromatic rings. The van der Waals surface area contributed by atoms with Gasteiger partial charge in [-0.2, -0.15) is 0 Å². The van der Waals surface area contributed by atoms with E-state index in [2.05, 4.69) is 30.3 Å². The Morgan fingerprint density at radius 2 is 2.43 bits per heavy atom. The van der Waals surface area contributed by atoms with E-state index in [9.17, 15) is 4.79 Å². The molecule has 74 valence electrons. The minimum atomic E-state index is -0.573. The van der Waals surface area contributed by atoms with Gasteiger partial charge in [0.15, 0.2) is 5.82 Å². The third-order valence-electron chi connectivity index (χ3n) is 1.77. The lowest BCUT2D eigenvalue weighted by Gasteiger charge is -2.16. The van der Waals surface area contributed by atoms with Crippen LogP contribution >= 0.6 is 0 Å². The van der Waals surface area contributed by atoms with Gasteiger partial charge in [-0.25, -0.2) is 4.79 Å². The first-order chi connectivity index (χ1) is 6.79. The van der Waals surface area contributed by atoms with Crippen LogP contribution in [0.5, 0.6) is 0 Å². The number of nitrogens with zero attached hydrogens (tertiary/aromatic N) is 2. The number of hydrogen-bond acceptors (Lipinski definition) is 5. The van der Waals surface area contributed by atoms with Gasteiger partial charge in [0.05, 0.1) is 12.4 Å². The number of nitrogens with one attached hydrogen (secondary N) is 3. The van der Waals surface area contributed by atoms with Crippen LogP contribution in [0.25, 0.3) is 5.70 Å². The molecular formula is C7H9N5O2. The maximum absolute atomic E-state index is 10.7. The molecule has 1 aliphatic rings. The number of aromatic nitrogens is 2. The molecule has 0 bridgehead atoms. The summed E-state index contributed by atoms with van der Waals surface area (Å²) in [7, 11) is 1.67. The summed E-state index contributed by atoms with van der Waals surface area (Å²) < 4.78 is 4.38. The van der Waals surface area contributed by atoms with E-state index in [1.165, 1.54) is 0 Å². The lowest BCUT2D eigenvalue weighted by Crippen LogP contribution is -2.37. The standard InChI is InChI=1S/C7H9N5O2/c1-8-5-2-4(9-3-10-5)6-11-7(13)14-12-6/h2,9H,3H2,1H3,(H,8,10)(H,11,12,13). The maximum atomic E-state index is 10.7. The van der Waals surface area contributed by atoms with E-state index in [0.29, 0.717) is 18.2 Å². The topological polar surface area (TPSA) is 95.3 Å². The van der Waals surface area contributed by atoms with E-state index in [4.69, 9.17) is 0 Å². The van der Waals surface area contributed by atoms with Crippen molar-refractivity contribution < 1.29 is 4.52 Å². The predicted octanol–water partition coefficient (Wildman–Crippen LogP) is -1.12. The summed E-state index contributed by atoms with van der Waals surface area (Å²) in [5, 5.41) is 9.53. The number of aromatic amines is 1. The lowest BCUT2D eigenvalue weighted by atomic mass is 10.3. The normalized spacial score (nSPS) is 18.6. The number of H-pyrrole nitrogens is 1. The van der Waals surface area contributed by atoms with Crippen LogP contribution in [0.1, 0.15) is 5.82 Å². The number of hydrogen-bond donors (Lipinski definition) is 3. The zero-order valence-electron chi connectivity index (χ0n) is 7.50. The van der Waals surface area contributed by atoms with Crippen molar-refractivity contribution in [3.63, 3.8) is 0 Å². The minimum Gasteiger partial charge on any atom is -0.365 e. The second-order valence-electron chi connectivity index (χ2n) is 2.64. The predicted molar refractivity (Wildman–Crippen MR) is 49.6 cm³/mol. The molecule has 0 fully saturated rings. The van der Waals surface area contributed by atoms with Crippen molar-refractivity contribution in [1.82, 2.24) is 20.8 Å². The van der Waals surface area contributed by atoms with Crippen LogP contribution in [0.3, 0.4) is 0 Å². The highest BCUT2D eigenvalue weighted by Crippen LogP contribution is 2.05.